The molecule has 1 N–H and O–H groups in total. The minimum absolute atomic E-state index is 0.176. The maximum atomic E-state index is 13.3. The maximum absolute atomic E-state index is 13.3. The van der Waals surface area contributed by atoms with Gasteiger partial charge in [0.2, 0.25) is 5.91 Å². The number of rotatable bonds is 11. The number of halogens is 1. The van der Waals surface area contributed by atoms with Crippen LogP contribution in [0.2, 0.25) is 0 Å². The maximum Gasteiger partial charge on any atom is 0.261 e. The highest BCUT2D eigenvalue weighted by atomic mass is 19.1. The first-order chi connectivity index (χ1) is 14.9. The lowest BCUT2D eigenvalue weighted by Gasteiger charge is -2.30. The van der Waals surface area contributed by atoms with Crippen molar-refractivity contribution in [1.82, 2.24) is 10.2 Å². The number of nitrogens with one attached hydrogen (secondary N) is 1. The highest BCUT2D eigenvalue weighted by Gasteiger charge is 2.29. The van der Waals surface area contributed by atoms with Crippen LogP contribution in [-0.4, -0.2) is 35.9 Å². The molecule has 2 amide bonds. The first kappa shape index (κ1) is 24.4. The van der Waals surface area contributed by atoms with Crippen LogP contribution in [0.5, 0.6) is 5.75 Å². The molecule has 0 aromatic heterocycles. The Morgan fingerprint density at radius 2 is 1.81 bits per heavy atom. The molecule has 0 heterocycles. The van der Waals surface area contributed by atoms with E-state index in [0.717, 1.165) is 29.5 Å². The second-order valence-corrected chi connectivity index (χ2v) is 7.70. The van der Waals surface area contributed by atoms with Crippen molar-refractivity contribution in [3.8, 4) is 5.75 Å². The molecular formula is C25H33FN2O3. The summed E-state index contributed by atoms with van der Waals surface area (Å²) in [6, 6.07) is 11.0. The third-order valence-electron chi connectivity index (χ3n) is 5.39. The van der Waals surface area contributed by atoms with Gasteiger partial charge in [-0.3, -0.25) is 9.59 Å². The number of carbonyl (C=O) groups is 2. The molecule has 0 spiro atoms. The number of hydrogen-bond acceptors (Lipinski definition) is 3. The highest BCUT2D eigenvalue weighted by Crippen LogP contribution is 2.21. The van der Waals surface area contributed by atoms with E-state index in [1.54, 1.807) is 12.1 Å². The van der Waals surface area contributed by atoms with Crippen LogP contribution in [0.15, 0.2) is 42.5 Å². The molecule has 0 fully saturated rings. The molecule has 5 nitrogen and oxygen atoms in total. The Kier molecular flexibility index (Phi) is 9.50. The fourth-order valence-electron chi connectivity index (χ4n) is 3.32. The molecule has 2 aromatic carbocycles. The summed E-state index contributed by atoms with van der Waals surface area (Å²) in [6.45, 7) is 8.46. The number of nitrogens with zero attached hydrogens (tertiary/aromatic N) is 1. The fourth-order valence-corrected chi connectivity index (χ4v) is 3.32. The third kappa shape index (κ3) is 7.09. The van der Waals surface area contributed by atoms with E-state index in [4.69, 9.17) is 4.74 Å². The Hall–Kier alpha value is -2.89. The average Bonchev–Trinajstić information content (AvgIpc) is 2.76. The molecule has 0 bridgehead atoms. The standard InChI is InChI=1S/C25H33FN2O3/c1-5-7-15-27-25(30)22(6-2)28(16-20-11-13-21(26)14-12-20)24(29)17-31-23-10-8-9-18(3)19(23)4/h8-14,22H,5-7,15-17H2,1-4H3,(H,27,30)/t22-/m1/s1. The van der Waals surface area contributed by atoms with E-state index in [2.05, 4.69) is 12.2 Å². The fraction of sp³-hybridized carbons (Fsp3) is 0.440. The number of unbranched alkanes of at least 4 members (excludes halogenated alkanes) is 1. The Balaban J connectivity index is 2.19. The van der Waals surface area contributed by atoms with Crippen molar-refractivity contribution >= 4 is 11.8 Å². The van der Waals surface area contributed by atoms with E-state index < -0.39 is 6.04 Å². The largest absolute Gasteiger partial charge is 0.483 e. The molecule has 31 heavy (non-hydrogen) atoms. The Labute approximate surface area is 184 Å². The van der Waals surface area contributed by atoms with Crippen LogP contribution in [0.1, 0.15) is 49.8 Å². The van der Waals surface area contributed by atoms with Gasteiger partial charge < -0.3 is 15.0 Å². The van der Waals surface area contributed by atoms with E-state index >= 15 is 0 Å². The number of carbonyl (C=O) groups excluding carboxylic acids is 2. The number of ether oxygens (including phenoxy) is 1. The normalized spacial score (nSPS) is 11.6. The van der Waals surface area contributed by atoms with Gasteiger partial charge in [0.05, 0.1) is 0 Å². The van der Waals surface area contributed by atoms with Gasteiger partial charge in [-0.1, -0.05) is 44.5 Å². The van der Waals surface area contributed by atoms with Gasteiger partial charge in [0.25, 0.3) is 5.91 Å². The van der Waals surface area contributed by atoms with Crippen LogP contribution in [0.3, 0.4) is 0 Å². The number of aryl methyl sites for hydroxylation is 1. The van der Waals surface area contributed by atoms with Gasteiger partial charge in [0.15, 0.2) is 6.61 Å². The second kappa shape index (κ2) is 12.1. The summed E-state index contributed by atoms with van der Waals surface area (Å²) >= 11 is 0. The highest BCUT2D eigenvalue weighted by molar-refractivity contribution is 5.88. The van der Waals surface area contributed by atoms with Crippen molar-refractivity contribution in [3.63, 3.8) is 0 Å². The van der Waals surface area contributed by atoms with E-state index in [1.807, 2.05) is 39.0 Å². The van der Waals surface area contributed by atoms with Gasteiger partial charge >= 0.3 is 0 Å². The average molecular weight is 429 g/mol. The molecule has 168 valence electrons. The van der Waals surface area contributed by atoms with Crippen molar-refractivity contribution in [3.05, 3.63) is 65.0 Å². The molecule has 1 atom stereocenters. The molecule has 2 aromatic rings. The zero-order chi connectivity index (χ0) is 22.8. The number of amides is 2. The minimum atomic E-state index is -0.628. The molecule has 0 saturated heterocycles. The minimum Gasteiger partial charge on any atom is -0.483 e. The van der Waals surface area contributed by atoms with Crippen LogP contribution in [0, 0.1) is 19.7 Å². The first-order valence-electron chi connectivity index (χ1n) is 10.9. The summed E-state index contributed by atoms with van der Waals surface area (Å²) in [5, 5.41) is 2.92. The zero-order valence-electron chi connectivity index (χ0n) is 18.9. The molecule has 0 aliphatic heterocycles. The molecule has 0 aliphatic carbocycles. The number of benzene rings is 2. The number of hydrogen-bond donors (Lipinski definition) is 1. The quantitative estimate of drug-likeness (QED) is 0.535. The molecular weight excluding hydrogens is 395 g/mol. The first-order valence-corrected chi connectivity index (χ1v) is 10.9. The van der Waals surface area contributed by atoms with Gasteiger partial charge in [-0.25, -0.2) is 4.39 Å². The van der Waals surface area contributed by atoms with Crippen LogP contribution < -0.4 is 10.1 Å². The smallest absolute Gasteiger partial charge is 0.261 e. The lowest BCUT2D eigenvalue weighted by atomic mass is 10.1. The van der Waals surface area contributed by atoms with Crippen LogP contribution >= 0.6 is 0 Å². The summed E-state index contributed by atoms with van der Waals surface area (Å²) in [6.07, 6.45) is 2.32. The predicted octanol–water partition coefficient (Wildman–Crippen LogP) is 4.55. The summed E-state index contributed by atoms with van der Waals surface area (Å²) in [5.41, 5.74) is 2.81. The van der Waals surface area contributed by atoms with Crippen molar-refractivity contribution < 1.29 is 18.7 Å². The summed E-state index contributed by atoms with van der Waals surface area (Å²) in [5.74, 6) is -0.166. The molecule has 6 heteroatoms. The lowest BCUT2D eigenvalue weighted by molar-refractivity contribution is -0.143. The summed E-state index contributed by atoms with van der Waals surface area (Å²) in [4.78, 5) is 27.5. The van der Waals surface area contributed by atoms with Crippen molar-refractivity contribution in [1.29, 1.82) is 0 Å². The SMILES string of the molecule is CCCCNC(=O)[C@@H](CC)N(Cc1ccc(F)cc1)C(=O)COc1cccc(C)c1C. The zero-order valence-corrected chi connectivity index (χ0v) is 18.9. The topological polar surface area (TPSA) is 58.6 Å². The van der Waals surface area contributed by atoms with E-state index in [9.17, 15) is 14.0 Å². The Morgan fingerprint density at radius 1 is 1.10 bits per heavy atom. The lowest BCUT2D eigenvalue weighted by Crippen LogP contribution is -2.50. The Bertz CT molecular complexity index is 868. The molecule has 0 saturated carbocycles. The van der Waals surface area contributed by atoms with Crippen LogP contribution in [0.25, 0.3) is 0 Å². The third-order valence-corrected chi connectivity index (χ3v) is 5.39. The molecule has 0 aliphatic rings. The van der Waals surface area contributed by atoms with Gasteiger partial charge in [-0.2, -0.15) is 0 Å². The Morgan fingerprint density at radius 3 is 2.45 bits per heavy atom. The van der Waals surface area contributed by atoms with Crippen molar-refractivity contribution in [2.45, 2.75) is 59.5 Å². The van der Waals surface area contributed by atoms with Crippen molar-refractivity contribution in [2.75, 3.05) is 13.2 Å². The van der Waals surface area contributed by atoms with E-state index in [1.165, 1.54) is 17.0 Å². The molecule has 2 rings (SSSR count). The van der Waals surface area contributed by atoms with Crippen LogP contribution in [0.4, 0.5) is 4.39 Å². The van der Waals surface area contributed by atoms with Gasteiger partial charge in [0, 0.05) is 13.1 Å². The van der Waals surface area contributed by atoms with Gasteiger partial charge in [0.1, 0.15) is 17.6 Å². The van der Waals surface area contributed by atoms with Gasteiger partial charge in [-0.15, -0.1) is 0 Å². The van der Waals surface area contributed by atoms with Crippen LogP contribution in [-0.2, 0) is 16.1 Å². The van der Waals surface area contributed by atoms with E-state index in [-0.39, 0.29) is 30.8 Å². The molecule has 0 radical (unpaired) electrons. The predicted molar refractivity (Wildman–Crippen MR) is 120 cm³/mol. The van der Waals surface area contributed by atoms with Gasteiger partial charge in [-0.05, 0) is 61.6 Å². The summed E-state index contributed by atoms with van der Waals surface area (Å²) in [7, 11) is 0. The second-order valence-electron chi connectivity index (χ2n) is 7.70. The van der Waals surface area contributed by atoms with Crippen molar-refractivity contribution in [2.24, 2.45) is 0 Å². The monoisotopic (exact) mass is 428 g/mol. The molecule has 0 unspecified atom stereocenters. The van der Waals surface area contributed by atoms with E-state index in [0.29, 0.717) is 18.7 Å². The summed E-state index contributed by atoms with van der Waals surface area (Å²) < 4.78 is 19.1.